The van der Waals surface area contributed by atoms with Crippen LogP contribution < -0.4 is 10.1 Å². The Morgan fingerprint density at radius 1 is 1.06 bits per heavy atom. The molecule has 0 saturated carbocycles. The maximum Gasteiger partial charge on any atom is 0.295 e. The first kappa shape index (κ1) is 20.6. The minimum absolute atomic E-state index is 0.0664. The molecule has 0 aliphatic heterocycles. The zero-order chi connectivity index (χ0) is 21.8. The highest BCUT2D eigenvalue weighted by Gasteiger charge is 2.20. The summed E-state index contributed by atoms with van der Waals surface area (Å²) in [5.74, 6) is 0.943. The second kappa shape index (κ2) is 9.02. The Hall–Kier alpha value is -3.64. The Labute approximate surface area is 185 Å². The van der Waals surface area contributed by atoms with Crippen molar-refractivity contribution < 1.29 is 9.53 Å². The zero-order valence-corrected chi connectivity index (χ0v) is 17.9. The number of amides is 1. The van der Waals surface area contributed by atoms with Crippen LogP contribution in [0, 0.1) is 0 Å². The Kier molecular flexibility index (Phi) is 6.00. The van der Waals surface area contributed by atoms with Gasteiger partial charge in [0.15, 0.2) is 5.82 Å². The van der Waals surface area contributed by atoms with Gasteiger partial charge in [0.2, 0.25) is 5.82 Å². The number of aryl methyl sites for hydroxylation is 1. The summed E-state index contributed by atoms with van der Waals surface area (Å²) in [6, 6.07) is 22.4. The standard InChI is InChI=1S/C24H21ClN4O2/c1-3-16-7-4-5-10-21(16)26-24(30)22-27-23(17-11-13-20(31-2)14-12-17)29(28-22)19-9-6-8-18(25)15-19/h4-15H,3H2,1-2H3,(H,26,30). The zero-order valence-electron chi connectivity index (χ0n) is 17.2. The molecule has 1 N–H and O–H groups in total. The van der Waals surface area contributed by atoms with Crippen molar-refractivity contribution in [2.24, 2.45) is 0 Å². The number of benzene rings is 3. The van der Waals surface area contributed by atoms with Crippen LogP contribution in [0.2, 0.25) is 5.02 Å². The maximum atomic E-state index is 13.0. The van der Waals surface area contributed by atoms with Crippen LogP contribution in [0.15, 0.2) is 72.8 Å². The predicted molar refractivity (Wildman–Crippen MR) is 122 cm³/mol. The van der Waals surface area contributed by atoms with Gasteiger partial charge in [0.05, 0.1) is 12.8 Å². The molecule has 0 atom stereocenters. The molecule has 3 aromatic carbocycles. The summed E-state index contributed by atoms with van der Waals surface area (Å²) in [6.07, 6.45) is 0.804. The summed E-state index contributed by atoms with van der Waals surface area (Å²) in [5.41, 5.74) is 3.29. The van der Waals surface area contributed by atoms with Crippen LogP contribution in [0.25, 0.3) is 17.1 Å². The van der Waals surface area contributed by atoms with Gasteiger partial charge in [-0.1, -0.05) is 42.8 Å². The summed E-state index contributed by atoms with van der Waals surface area (Å²) in [5, 5.41) is 7.99. The number of rotatable bonds is 6. The van der Waals surface area contributed by atoms with Gasteiger partial charge in [-0.2, -0.15) is 0 Å². The molecular formula is C24H21ClN4O2. The van der Waals surface area contributed by atoms with Gasteiger partial charge in [-0.05, 0) is 60.5 Å². The van der Waals surface area contributed by atoms with E-state index in [1.165, 1.54) is 0 Å². The molecule has 0 radical (unpaired) electrons. The van der Waals surface area contributed by atoms with Gasteiger partial charge < -0.3 is 10.1 Å². The summed E-state index contributed by atoms with van der Waals surface area (Å²) in [6.45, 7) is 2.04. The quantitative estimate of drug-likeness (QED) is 0.442. The molecule has 1 aromatic heterocycles. The smallest absolute Gasteiger partial charge is 0.295 e. The van der Waals surface area contributed by atoms with Gasteiger partial charge >= 0.3 is 0 Å². The van der Waals surface area contributed by atoms with Gasteiger partial charge in [0.25, 0.3) is 5.91 Å². The number of carbonyl (C=O) groups is 1. The van der Waals surface area contributed by atoms with E-state index >= 15 is 0 Å². The van der Waals surface area contributed by atoms with E-state index < -0.39 is 0 Å². The fourth-order valence-corrected chi connectivity index (χ4v) is 3.44. The molecule has 0 unspecified atom stereocenters. The van der Waals surface area contributed by atoms with Gasteiger partial charge in [0.1, 0.15) is 5.75 Å². The van der Waals surface area contributed by atoms with Crippen molar-refractivity contribution in [3.63, 3.8) is 0 Å². The number of nitrogens with one attached hydrogen (secondary N) is 1. The van der Waals surface area contributed by atoms with Crippen LogP contribution in [0.3, 0.4) is 0 Å². The van der Waals surface area contributed by atoms with E-state index in [2.05, 4.69) is 15.4 Å². The monoisotopic (exact) mass is 432 g/mol. The van der Waals surface area contributed by atoms with Gasteiger partial charge in [-0.25, -0.2) is 9.67 Å². The van der Waals surface area contributed by atoms with Crippen LogP contribution in [-0.4, -0.2) is 27.8 Å². The van der Waals surface area contributed by atoms with Crippen LogP contribution in [0.5, 0.6) is 5.75 Å². The third kappa shape index (κ3) is 4.44. The lowest BCUT2D eigenvalue weighted by molar-refractivity contribution is 0.101. The highest BCUT2D eigenvalue weighted by Crippen LogP contribution is 2.25. The second-order valence-electron chi connectivity index (χ2n) is 6.84. The predicted octanol–water partition coefficient (Wildman–Crippen LogP) is 5.41. The Bertz CT molecular complexity index is 1220. The van der Waals surface area contributed by atoms with E-state index in [9.17, 15) is 4.79 Å². The van der Waals surface area contributed by atoms with Gasteiger partial charge in [-0.3, -0.25) is 4.79 Å². The van der Waals surface area contributed by atoms with Crippen molar-refractivity contribution >= 4 is 23.2 Å². The fraction of sp³-hybridized carbons (Fsp3) is 0.125. The molecule has 4 rings (SSSR count). The summed E-state index contributed by atoms with van der Waals surface area (Å²) < 4.78 is 6.86. The number of hydrogen-bond donors (Lipinski definition) is 1. The molecule has 0 aliphatic carbocycles. The van der Waals surface area contributed by atoms with Gasteiger partial charge in [0, 0.05) is 16.3 Å². The Morgan fingerprint density at radius 2 is 1.84 bits per heavy atom. The maximum absolute atomic E-state index is 13.0. The lowest BCUT2D eigenvalue weighted by Gasteiger charge is -2.07. The van der Waals surface area contributed by atoms with E-state index in [0.29, 0.717) is 16.5 Å². The van der Waals surface area contributed by atoms with Crippen molar-refractivity contribution in [2.75, 3.05) is 12.4 Å². The number of methoxy groups -OCH3 is 1. The van der Waals surface area contributed by atoms with Crippen LogP contribution in [-0.2, 0) is 6.42 Å². The van der Waals surface area contributed by atoms with Crippen molar-refractivity contribution in [2.45, 2.75) is 13.3 Å². The highest BCUT2D eigenvalue weighted by molar-refractivity contribution is 6.30. The molecule has 0 bridgehead atoms. The van der Waals surface area contributed by atoms with E-state index in [0.717, 1.165) is 29.0 Å². The molecule has 0 saturated heterocycles. The first-order valence-corrected chi connectivity index (χ1v) is 10.2. The number of nitrogens with zero attached hydrogens (tertiary/aromatic N) is 3. The summed E-state index contributed by atoms with van der Waals surface area (Å²) >= 11 is 6.19. The summed E-state index contributed by atoms with van der Waals surface area (Å²) in [4.78, 5) is 17.5. The third-order valence-electron chi connectivity index (χ3n) is 4.86. The third-order valence-corrected chi connectivity index (χ3v) is 5.09. The molecule has 156 valence electrons. The van der Waals surface area contributed by atoms with E-state index in [1.807, 2.05) is 67.6 Å². The molecule has 0 aliphatic rings. The van der Waals surface area contributed by atoms with Crippen molar-refractivity contribution in [3.8, 4) is 22.8 Å². The molecule has 0 fully saturated rings. The van der Waals surface area contributed by atoms with E-state index in [4.69, 9.17) is 16.3 Å². The van der Waals surface area contributed by atoms with Gasteiger partial charge in [-0.15, -0.1) is 5.10 Å². The molecule has 7 heteroatoms. The number of halogens is 1. The van der Waals surface area contributed by atoms with Crippen LogP contribution >= 0.6 is 11.6 Å². The lowest BCUT2D eigenvalue weighted by atomic mass is 10.1. The second-order valence-corrected chi connectivity index (χ2v) is 7.28. The van der Waals surface area contributed by atoms with Crippen molar-refractivity contribution in [3.05, 3.63) is 89.2 Å². The fourth-order valence-electron chi connectivity index (χ4n) is 3.25. The van der Waals surface area contributed by atoms with Crippen LogP contribution in [0.1, 0.15) is 23.1 Å². The number of ether oxygens (including phenoxy) is 1. The average molecular weight is 433 g/mol. The molecule has 1 amide bonds. The van der Waals surface area contributed by atoms with Crippen molar-refractivity contribution in [1.82, 2.24) is 14.8 Å². The Balaban J connectivity index is 1.76. The largest absolute Gasteiger partial charge is 0.497 e. The lowest BCUT2D eigenvalue weighted by Crippen LogP contribution is -2.15. The number of anilines is 1. The molecule has 0 spiro atoms. The topological polar surface area (TPSA) is 69.0 Å². The SMILES string of the molecule is CCc1ccccc1NC(=O)c1nc(-c2ccc(OC)cc2)n(-c2cccc(Cl)c2)n1. The van der Waals surface area contributed by atoms with Crippen LogP contribution in [0.4, 0.5) is 5.69 Å². The number of carbonyl (C=O) groups excluding carboxylic acids is 1. The van der Waals surface area contributed by atoms with Crippen molar-refractivity contribution in [1.29, 1.82) is 0 Å². The minimum atomic E-state index is -0.378. The Morgan fingerprint density at radius 3 is 2.55 bits per heavy atom. The molecule has 6 nitrogen and oxygen atoms in total. The summed E-state index contributed by atoms with van der Waals surface area (Å²) in [7, 11) is 1.61. The number of hydrogen-bond acceptors (Lipinski definition) is 4. The highest BCUT2D eigenvalue weighted by atomic mass is 35.5. The first-order valence-electron chi connectivity index (χ1n) is 9.85. The van der Waals surface area contributed by atoms with E-state index in [-0.39, 0.29) is 11.7 Å². The van der Waals surface area contributed by atoms with E-state index in [1.54, 1.807) is 23.9 Å². The molecular weight excluding hydrogens is 412 g/mol. The number of aromatic nitrogens is 3. The molecule has 31 heavy (non-hydrogen) atoms. The number of para-hydroxylation sites is 1. The minimum Gasteiger partial charge on any atom is -0.497 e. The molecule has 4 aromatic rings. The normalized spacial score (nSPS) is 10.7. The molecule has 1 heterocycles. The average Bonchev–Trinajstić information content (AvgIpc) is 3.25. The first-order chi connectivity index (χ1) is 15.1.